The normalized spacial score (nSPS) is 16.1. The van der Waals surface area contributed by atoms with Gasteiger partial charge in [0.25, 0.3) is 0 Å². The first kappa shape index (κ1) is 16.4. The molecular formula is C13H28N2O2. The Hall–Kier alpha value is -0.610. The summed E-state index contributed by atoms with van der Waals surface area (Å²) in [6.45, 7) is 12.1. The number of hydrogen-bond donors (Lipinski definition) is 3. The number of nitrogens with two attached hydrogens (primary N) is 1. The monoisotopic (exact) mass is 244 g/mol. The van der Waals surface area contributed by atoms with E-state index in [1.54, 1.807) is 0 Å². The van der Waals surface area contributed by atoms with Gasteiger partial charge >= 0.3 is 0 Å². The minimum absolute atomic E-state index is 0.119. The number of carbonyl (C=O) groups is 1. The first-order valence-electron chi connectivity index (χ1n) is 6.31. The third kappa shape index (κ3) is 5.04. The summed E-state index contributed by atoms with van der Waals surface area (Å²) in [5.41, 5.74) is 5.40. The Balaban J connectivity index is 4.32. The maximum absolute atomic E-state index is 11.7. The van der Waals surface area contributed by atoms with E-state index in [0.717, 1.165) is 0 Å². The van der Waals surface area contributed by atoms with Gasteiger partial charge in [0, 0.05) is 12.0 Å². The lowest BCUT2D eigenvalue weighted by molar-refractivity contribution is -0.124. The Kier molecular flexibility index (Phi) is 6.13. The van der Waals surface area contributed by atoms with Crippen molar-refractivity contribution in [2.24, 2.45) is 23.0 Å². The highest BCUT2D eigenvalue weighted by molar-refractivity contribution is 5.81. The van der Waals surface area contributed by atoms with E-state index in [1.807, 2.05) is 41.5 Å². The van der Waals surface area contributed by atoms with Gasteiger partial charge in [0.2, 0.25) is 5.91 Å². The van der Waals surface area contributed by atoms with Gasteiger partial charge in [-0.25, -0.2) is 0 Å². The van der Waals surface area contributed by atoms with Crippen LogP contribution < -0.4 is 11.1 Å². The number of amides is 1. The number of aliphatic hydroxyl groups is 1. The second-order valence-corrected chi connectivity index (χ2v) is 6.17. The number of carbonyl (C=O) groups excluding carboxylic acids is 1. The summed E-state index contributed by atoms with van der Waals surface area (Å²) in [5, 5.41) is 12.8. The molecule has 0 fully saturated rings. The van der Waals surface area contributed by atoms with Gasteiger partial charge in [-0.2, -0.15) is 0 Å². The van der Waals surface area contributed by atoms with Crippen molar-refractivity contribution in [2.45, 2.75) is 53.7 Å². The smallest absolute Gasteiger partial charge is 0.237 e. The molecule has 4 N–H and O–H groups in total. The van der Waals surface area contributed by atoms with E-state index in [4.69, 9.17) is 5.73 Å². The molecule has 0 rings (SSSR count). The van der Waals surface area contributed by atoms with Gasteiger partial charge in [0.15, 0.2) is 0 Å². The van der Waals surface area contributed by atoms with Crippen LogP contribution in [0.25, 0.3) is 0 Å². The lowest BCUT2D eigenvalue weighted by Crippen LogP contribution is -2.49. The second-order valence-electron chi connectivity index (χ2n) is 6.17. The molecule has 1 amide bonds. The van der Waals surface area contributed by atoms with Crippen LogP contribution in [0.3, 0.4) is 0 Å². The van der Waals surface area contributed by atoms with E-state index in [0.29, 0.717) is 6.54 Å². The van der Waals surface area contributed by atoms with E-state index in [1.165, 1.54) is 0 Å². The molecule has 0 aliphatic carbocycles. The zero-order chi connectivity index (χ0) is 13.8. The van der Waals surface area contributed by atoms with Crippen LogP contribution in [0.4, 0.5) is 0 Å². The fraction of sp³-hybridized carbons (Fsp3) is 0.923. The molecule has 0 saturated heterocycles. The Morgan fingerprint density at radius 3 is 2.06 bits per heavy atom. The lowest BCUT2D eigenvalue weighted by Gasteiger charge is -2.33. The SMILES string of the molecule is CC(C)C(O)C(C)(C)CNC(=O)[C@@H](N)C(C)C. The Morgan fingerprint density at radius 1 is 1.24 bits per heavy atom. The number of aliphatic hydroxyl groups excluding tert-OH is 1. The van der Waals surface area contributed by atoms with Crippen molar-refractivity contribution in [2.75, 3.05) is 6.54 Å². The highest BCUT2D eigenvalue weighted by Crippen LogP contribution is 2.25. The second kappa shape index (κ2) is 6.36. The van der Waals surface area contributed by atoms with Gasteiger partial charge in [0.1, 0.15) is 0 Å². The van der Waals surface area contributed by atoms with Crippen LogP contribution in [0.5, 0.6) is 0 Å². The fourth-order valence-corrected chi connectivity index (χ4v) is 1.74. The molecule has 0 aromatic heterocycles. The maximum Gasteiger partial charge on any atom is 0.237 e. The van der Waals surface area contributed by atoms with Crippen LogP contribution in [0.1, 0.15) is 41.5 Å². The zero-order valence-electron chi connectivity index (χ0n) is 11.9. The van der Waals surface area contributed by atoms with Gasteiger partial charge in [-0.05, 0) is 11.8 Å². The third-order valence-corrected chi connectivity index (χ3v) is 3.17. The highest BCUT2D eigenvalue weighted by Gasteiger charge is 2.31. The van der Waals surface area contributed by atoms with Crippen LogP contribution in [0.2, 0.25) is 0 Å². The van der Waals surface area contributed by atoms with Crippen molar-refractivity contribution in [3.8, 4) is 0 Å². The molecule has 0 radical (unpaired) electrons. The van der Waals surface area contributed by atoms with Crippen molar-refractivity contribution in [1.29, 1.82) is 0 Å². The molecular weight excluding hydrogens is 216 g/mol. The van der Waals surface area contributed by atoms with Gasteiger partial charge < -0.3 is 16.2 Å². The topological polar surface area (TPSA) is 75.3 Å². The van der Waals surface area contributed by atoms with Crippen LogP contribution in [0, 0.1) is 17.3 Å². The Morgan fingerprint density at radius 2 is 1.71 bits per heavy atom. The van der Waals surface area contributed by atoms with Crippen molar-refractivity contribution in [1.82, 2.24) is 5.32 Å². The summed E-state index contributed by atoms with van der Waals surface area (Å²) in [4.78, 5) is 11.7. The van der Waals surface area contributed by atoms with E-state index in [-0.39, 0.29) is 23.2 Å². The average molecular weight is 244 g/mol. The highest BCUT2D eigenvalue weighted by atomic mass is 16.3. The fourth-order valence-electron chi connectivity index (χ4n) is 1.74. The molecule has 2 atom stereocenters. The molecule has 17 heavy (non-hydrogen) atoms. The van der Waals surface area contributed by atoms with Crippen LogP contribution >= 0.6 is 0 Å². The summed E-state index contributed by atoms with van der Waals surface area (Å²) in [6, 6.07) is -0.484. The van der Waals surface area contributed by atoms with Crippen molar-refractivity contribution in [3.63, 3.8) is 0 Å². The summed E-state index contributed by atoms with van der Waals surface area (Å²) < 4.78 is 0. The minimum atomic E-state index is -0.484. The van der Waals surface area contributed by atoms with Gasteiger partial charge in [0.05, 0.1) is 12.1 Å². The zero-order valence-corrected chi connectivity index (χ0v) is 11.9. The van der Waals surface area contributed by atoms with Gasteiger partial charge in [-0.15, -0.1) is 0 Å². The number of hydrogen-bond acceptors (Lipinski definition) is 3. The molecule has 0 aromatic carbocycles. The lowest BCUT2D eigenvalue weighted by atomic mass is 9.80. The summed E-state index contributed by atoms with van der Waals surface area (Å²) in [7, 11) is 0. The average Bonchev–Trinajstić information content (AvgIpc) is 2.23. The molecule has 0 aliphatic heterocycles. The summed E-state index contributed by atoms with van der Waals surface area (Å²) >= 11 is 0. The predicted molar refractivity (Wildman–Crippen MR) is 70.4 cm³/mol. The molecule has 0 spiro atoms. The van der Waals surface area contributed by atoms with Crippen LogP contribution in [0.15, 0.2) is 0 Å². The van der Waals surface area contributed by atoms with Crippen LogP contribution in [-0.4, -0.2) is 29.7 Å². The summed E-state index contributed by atoms with van der Waals surface area (Å²) in [5.74, 6) is 0.137. The Bertz CT molecular complexity index is 250. The van der Waals surface area contributed by atoms with E-state index in [9.17, 15) is 9.90 Å². The summed E-state index contributed by atoms with van der Waals surface area (Å²) in [6.07, 6.45) is -0.446. The molecule has 0 heterocycles. The van der Waals surface area contributed by atoms with Gasteiger partial charge in [-0.1, -0.05) is 41.5 Å². The first-order chi connectivity index (χ1) is 7.59. The van der Waals surface area contributed by atoms with E-state index >= 15 is 0 Å². The Labute approximate surface area is 105 Å². The molecule has 4 heteroatoms. The first-order valence-corrected chi connectivity index (χ1v) is 6.31. The van der Waals surface area contributed by atoms with Crippen molar-refractivity contribution < 1.29 is 9.90 Å². The van der Waals surface area contributed by atoms with Crippen LogP contribution in [-0.2, 0) is 4.79 Å². The number of rotatable bonds is 6. The third-order valence-electron chi connectivity index (χ3n) is 3.17. The molecule has 102 valence electrons. The largest absolute Gasteiger partial charge is 0.392 e. The maximum atomic E-state index is 11.7. The molecule has 0 aliphatic rings. The van der Waals surface area contributed by atoms with Gasteiger partial charge in [-0.3, -0.25) is 4.79 Å². The molecule has 0 bridgehead atoms. The number of nitrogens with one attached hydrogen (secondary N) is 1. The molecule has 0 saturated carbocycles. The van der Waals surface area contributed by atoms with Crippen molar-refractivity contribution >= 4 is 5.91 Å². The molecule has 1 unspecified atom stereocenters. The molecule has 0 aromatic rings. The molecule has 4 nitrogen and oxygen atoms in total. The minimum Gasteiger partial charge on any atom is -0.392 e. The van der Waals surface area contributed by atoms with Crippen molar-refractivity contribution in [3.05, 3.63) is 0 Å². The standard InChI is InChI=1S/C13H28N2O2/c1-8(2)10(14)12(17)15-7-13(5,6)11(16)9(3)4/h8-11,16H,7,14H2,1-6H3,(H,15,17)/t10-,11?/m0/s1. The van der Waals surface area contributed by atoms with E-state index in [2.05, 4.69) is 5.32 Å². The predicted octanol–water partition coefficient (Wildman–Crippen LogP) is 1.13. The quantitative estimate of drug-likeness (QED) is 0.655. The van der Waals surface area contributed by atoms with E-state index < -0.39 is 12.1 Å².